The van der Waals surface area contributed by atoms with Crippen LogP contribution in [0.1, 0.15) is 50.7 Å². The van der Waals surface area contributed by atoms with Gasteiger partial charge in [-0.3, -0.25) is 0 Å². The first-order valence-electron chi connectivity index (χ1n) is 7.06. The minimum absolute atomic E-state index is 0.275. The van der Waals surface area contributed by atoms with Crippen molar-refractivity contribution in [2.75, 3.05) is 0 Å². The molecule has 0 heterocycles. The van der Waals surface area contributed by atoms with Gasteiger partial charge >= 0.3 is 0 Å². The van der Waals surface area contributed by atoms with Crippen molar-refractivity contribution in [2.45, 2.75) is 39.5 Å². The van der Waals surface area contributed by atoms with E-state index >= 15 is 0 Å². The number of hydrogen-bond acceptors (Lipinski definition) is 2. The minimum atomic E-state index is 0.275. The average molecular weight is 270 g/mol. The summed E-state index contributed by atoms with van der Waals surface area (Å²) in [5.41, 5.74) is 4.02. The number of aromatic hydroxyl groups is 2. The molecule has 0 radical (unpaired) electrons. The maximum absolute atomic E-state index is 9.90. The second kappa shape index (κ2) is 5.58. The molecule has 2 N–H and O–H groups in total. The van der Waals surface area contributed by atoms with Gasteiger partial charge in [0.05, 0.1) is 0 Å². The fraction of sp³-hybridized carbons (Fsp3) is 0.333. The molecule has 0 aromatic heterocycles. The smallest absolute Gasteiger partial charge is 0.119 e. The zero-order chi connectivity index (χ0) is 14.9. The number of hydrogen-bond donors (Lipinski definition) is 2. The monoisotopic (exact) mass is 270 g/mol. The van der Waals surface area contributed by atoms with Crippen molar-refractivity contribution in [3.8, 4) is 22.6 Å². The molecule has 0 spiro atoms. The van der Waals surface area contributed by atoms with Crippen molar-refractivity contribution >= 4 is 0 Å². The largest absolute Gasteiger partial charge is 0.508 e. The Morgan fingerprint density at radius 3 is 1.30 bits per heavy atom. The zero-order valence-corrected chi connectivity index (χ0v) is 12.5. The van der Waals surface area contributed by atoms with E-state index in [-0.39, 0.29) is 11.8 Å². The molecular formula is C18H22O2. The molecule has 0 saturated carbocycles. The number of phenolic OH excluding ortho intramolecular Hbond substituents is 2. The van der Waals surface area contributed by atoms with Gasteiger partial charge in [-0.1, -0.05) is 39.8 Å². The quantitative estimate of drug-likeness (QED) is 0.822. The van der Waals surface area contributed by atoms with Crippen LogP contribution in [0.25, 0.3) is 11.1 Å². The first kappa shape index (κ1) is 14.4. The topological polar surface area (TPSA) is 40.5 Å². The summed E-state index contributed by atoms with van der Waals surface area (Å²) in [6, 6.07) is 11.4. The Hall–Kier alpha value is -1.96. The van der Waals surface area contributed by atoms with Crippen LogP contribution in [0.3, 0.4) is 0 Å². The Kier molecular flexibility index (Phi) is 4.03. The van der Waals surface area contributed by atoms with Gasteiger partial charge in [0.1, 0.15) is 11.5 Å². The normalized spacial score (nSPS) is 11.3. The summed E-state index contributed by atoms with van der Waals surface area (Å²) in [5, 5.41) is 19.8. The maximum Gasteiger partial charge on any atom is 0.119 e. The van der Waals surface area contributed by atoms with Crippen LogP contribution in [0.5, 0.6) is 11.5 Å². The molecule has 2 aromatic carbocycles. The van der Waals surface area contributed by atoms with E-state index in [4.69, 9.17) is 0 Å². The Labute approximate surface area is 120 Å². The molecule has 0 aliphatic heterocycles. The lowest BCUT2D eigenvalue weighted by atomic mass is 9.93. The van der Waals surface area contributed by atoms with E-state index in [1.54, 1.807) is 12.1 Å². The molecular weight excluding hydrogens is 248 g/mol. The second-order valence-electron chi connectivity index (χ2n) is 5.86. The lowest BCUT2D eigenvalue weighted by molar-refractivity contribution is 0.464. The summed E-state index contributed by atoms with van der Waals surface area (Å²) in [6.45, 7) is 8.26. The van der Waals surface area contributed by atoms with Gasteiger partial charge in [-0.2, -0.15) is 0 Å². The van der Waals surface area contributed by atoms with Crippen LogP contribution in [-0.2, 0) is 0 Å². The van der Waals surface area contributed by atoms with Gasteiger partial charge in [0, 0.05) is 0 Å². The third-order valence-corrected chi connectivity index (χ3v) is 3.63. The van der Waals surface area contributed by atoms with E-state index in [9.17, 15) is 10.2 Å². The molecule has 0 aliphatic rings. The Morgan fingerprint density at radius 2 is 1.00 bits per heavy atom. The maximum atomic E-state index is 9.90. The summed E-state index contributed by atoms with van der Waals surface area (Å²) in [5.74, 6) is 1.23. The van der Waals surface area contributed by atoms with Crippen LogP contribution < -0.4 is 0 Å². The molecule has 0 unspecified atom stereocenters. The minimum Gasteiger partial charge on any atom is -0.508 e. The third-order valence-electron chi connectivity index (χ3n) is 3.63. The fourth-order valence-corrected chi connectivity index (χ4v) is 2.39. The third kappa shape index (κ3) is 2.79. The van der Waals surface area contributed by atoms with E-state index in [1.807, 2.05) is 24.3 Å². The molecule has 0 saturated heterocycles. The van der Waals surface area contributed by atoms with Crippen LogP contribution in [0.4, 0.5) is 0 Å². The fourth-order valence-electron chi connectivity index (χ4n) is 2.39. The Balaban J connectivity index is 2.52. The number of phenols is 2. The molecule has 2 rings (SSSR count). The molecule has 0 atom stereocenters. The lowest BCUT2D eigenvalue weighted by Gasteiger charge is -2.13. The van der Waals surface area contributed by atoms with Crippen molar-refractivity contribution < 1.29 is 10.2 Å². The van der Waals surface area contributed by atoms with Crippen LogP contribution >= 0.6 is 0 Å². The van der Waals surface area contributed by atoms with Crippen molar-refractivity contribution in [1.82, 2.24) is 0 Å². The van der Waals surface area contributed by atoms with E-state index in [0.717, 1.165) is 22.3 Å². The Morgan fingerprint density at radius 1 is 0.650 bits per heavy atom. The van der Waals surface area contributed by atoms with Crippen LogP contribution in [-0.4, -0.2) is 10.2 Å². The van der Waals surface area contributed by atoms with E-state index < -0.39 is 0 Å². The van der Waals surface area contributed by atoms with Crippen molar-refractivity contribution in [2.24, 2.45) is 0 Å². The predicted octanol–water partition coefficient (Wildman–Crippen LogP) is 5.01. The van der Waals surface area contributed by atoms with E-state index in [0.29, 0.717) is 11.5 Å². The molecule has 0 amide bonds. The van der Waals surface area contributed by atoms with Gasteiger partial charge in [-0.25, -0.2) is 0 Å². The van der Waals surface area contributed by atoms with Crippen molar-refractivity contribution in [3.05, 3.63) is 47.5 Å². The average Bonchev–Trinajstić information content (AvgIpc) is 2.39. The summed E-state index contributed by atoms with van der Waals surface area (Å²) < 4.78 is 0. The van der Waals surface area contributed by atoms with Crippen molar-refractivity contribution in [3.63, 3.8) is 0 Å². The number of rotatable bonds is 3. The highest BCUT2D eigenvalue weighted by molar-refractivity contribution is 5.68. The first-order chi connectivity index (χ1) is 9.40. The summed E-state index contributed by atoms with van der Waals surface area (Å²) >= 11 is 0. The van der Waals surface area contributed by atoms with Gasteiger partial charge in [0.25, 0.3) is 0 Å². The first-order valence-corrected chi connectivity index (χ1v) is 7.06. The van der Waals surface area contributed by atoms with Gasteiger partial charge in [-0.15, -0.1) is 0 Å². The SMILES string of the molecule is CC(C)c1cc(-c2ccc(O)c(C(C)C)c2)ccc1O. The Bertz CT molecular complexity index is 557. The molecule has 2 aromatic rings. The van der Waals surface area contributed by atoms with Crippen LogP contribution in [0.2, 0.25) is 0 Å². The molecule has 2 nitrogen and oxygen atoms in total. The molecule has 0 bridgehead atoms. The van der Waals surface area contributed by atoms with Gasteiger partial charge in [0.2, 0.25) is 0 Å². The van der Waals surface area contributed by atoms with Gasteiger partial charge in [0.15, 0.2) is 0 Å². The summed E-state index contributed by atoms with van der Waals surface area (Å²) in [4.78, 5) is 0. The standard InChI is InChI=1S/C18H22O2/c1-11(2)15-9-13(5-7-17(15)19)14-6-8-18(20)16(10-14)12(3)4/h5-12,19-20H,1-4H3. The van der Waals surface area contributed by atoms with Crippen molar-refractivity contribution in [1.29, 1.82) is 0 Å². The summed E-state index contributed by atoms with van der Waals surface area (Å²) in [7, 11) is 0. The molecule has 0 aliphatic carbocycles. The highest BCUT2D eigenvalue weighted by atomic mass is 16.3. The van der Waals surface area contributed by atoms with Gasteiger partial charge < -0.3 is 10.2 Å². The molecule has 20 heavy (non-hydrogen) atoms. The molecule has 2 heteroatoms. The molecule has 0 fully saturated rings. The predicted molar refractivity (Wildman–Crippen MR) is 83.4 cm³/mol. The van der Waals surface area contributed by atoms with E-state index in [2.05, 4.69) is 27.7 Å². The summed E-state index contributed by atoms with van der Waals surface area (Å²) in [6.07, 6.45) is 0. The van der Waals surface area contributed by atoms with Crippen LogP contribution in [0.15, 0.2) is 36.4 Å². The molecule has 106 valence electrons. The van der Waals surface area contributed by atoms with Gasteiger partial charge in [-0.05, 0) is 58.4 Å². The highest BCUT2D eigenvalue weighted by Gasteiger charge is 2.11. The zero-order valence-electron chi connectivity index (χ0n) is 12.5. The van der Waals surface area contributed by atoms with E-state index in [1.165, 1.54) is 0 Å². The lowest BCUT2D eigenvalue weighted by Crippen LogP contribution is -1.92. The second-order valence-corrected chi connectivity index (χ2v) is 5.86. The highest BCUT2D eigenvalue weighted by Crippen LogP contribution is 2.34. The number of benzene rings is 2. The van der Waals surface area contributed by atoms with Crippen LogP contribution in [0, 0.1) is 0 Å².